The SMILES string of the molecule is COC1=C=CC2=C(C=C1)CN(C)C2=O. The van der Waals surface area contributed by atoms with Crippen LogP contribution in [0.1, 0.15) is 0 Å². The van der Waals surface area contributed by atoms with Crippen molar-refractivity contribution in [2.45, 2.75) is 0 Å². The first-order chi connectivity index (χ1) is 6.72. The molecule has 0 spiro atoms. The lowest BCUT2D eigenvalue weighted by Crippen LogP contribution is -2.21. The normalized spacial score (nSPS) is 19.7. The summed E-state index contributed by atoms with van der Waals surface area (Å²) < 4.78 is 5.03. The van der Waals surface area contributed by atoms with Gasteiger partial charge < -0.3 is 9.64 Å². The molecule has 1 aliphatic carbocycles. The molecule has 72 valence electrons. The van der Waals surface area contributed by atoms with Crippen molar-refractivity contribution in [3.63, 3.8) is 0 Å². The maximum absolute atomic E-state index is 11.6. The molecule has 0 atom stereocenters. The van der Waals surface area contributed by atoms with Crippen LogP contribution in [0.4, 0.5) is 0 Å². The molecule has 3 nitrogen and oxygen atoms in total. The Hall–Kier alpha value is -1.73. The van der Waals surface area contributed by atoms with E-state index in [4.69, 9.17) is 4.74 Å². The van der Waals surface area contributed by atoms with E-state index in [1.54, 1.807) is 25.1 Å². The van der Waals surface area contributed by atoms with Gasteiger partial charge in [0.2, 0.25) is 0 Å². The van der Waals surface area contributed by atoms with E-state index in [1.165, 1.54) is 0 Å². The van der Waals surface area contributed by atoms with Crippen LogP contribution in [0.2, 0.25) is 0 Å². The fraction of sp³-hybridized carbons (Fsp3) is 0.273. The Balaban J connectivity index is 2.41. The van der Waals surface area contributed by atoms with Crippen LogP contribution < -0.4 is 0 Å². The van der Waals surface area contributed by atoms with Crippen molar-refractivity contribution in [1.82, 2.24) is 4.90 Å². The second-order valence-electron chi connectivity index (χ2n) is 3.29. The van der Waals surface area contributed by atoms with E-state index in [1.807, 2.05) is 12.2 Å². The lowest BCUT2D eigenvalue weighted by atomic mass is 10.1. The maximum Gasteiger partial charge on any atom is 0.254 e. The fourth-order valence-corrected chi connectivity index (χ4v) is 1.55. The predicted octanol–water partition coefficient (Wildman–Crippen LogP) is 1.01. The topological polar surface area (TPSA) is 29.5 Å². The molecular formula is C11H11NO2. The first-order valence-electron chi connectivity index (χ1n) is 4.40. The minimum absolute atomic E-state index is 0.0505. The third-order valence-corrected chi connectivity index (χ3v) is 2.35. The summed E-state index contributed by atoms with van der Waals surface area (Å²) in [6, 6.07) is 0. The van der Waals surface area contributed by atoms with Crippen LogP contribution >= 0.6 is 0 Å². The highest BCUT2D eigenvalue weighted by atomic mass is 16.5. The minimum atomic E-state index is 0.0505. The Labute approximate surface area is 82.7 Å². The molecule has 0 saturated carbocycles. The average molecular weight is 189 g/mol. The molecule has 0 aromatic rings. The Bertz CT molecular complexity index is 409. The van der Waals surface area contributed by atoms with Gasteiger partial charge in [0.05, 0.1) is 12.7 Å². The molecule has 2 aliphatic rings. The Morgan fingerprint density at radius 3 is 3.00 bits per heavy atom. The van der Waals surface area contributed by atoms with E-state index in [9.17, 15) is 4.79 Å². The first kappa shape index (κ1) is 8.85. The van der Waals surface area contributed by atoms with Gasteiger partial charge in [0, 0.05) is 13.6 Å². The van der Waals surface area contributed by atoms with Gasteiger partial charge in [-0.15, -0.1) is 0 Å². The Kier molecular flexibility index (Phi) is 2.02. The molecule has 0 aromatic heterocycles. The standard InChI is InChI=1S/C11H11NO2/c1-12-7-8-3-4-9(14-2)5-6-10(8)11(12)13/h3-4,6H,7H2,1-2H3. The van der Waals surface area contributed by atoms with Crippen molar-refractivity contribution < 1.29 is 9.53 Å². The summed E-state index contributed by atoms with van der Waals surface area (Å²) in [5.74, 6) is 0.698. The second-order valence-corrected chi connectivity index (χ2v) is 3.29. The van der Waals surface area contributed by atoms with Crippen molar-refractivity contribution in [3.05, 3.63) is 40.9 Å². The van der Waals surface area contributed by atoms with Gasteiger partial charge in [-0.2, -0.15) is 0 Å². The highest BCUT2D eigenvalue weighted by Crippen LogP contribution is 2.22. The van der Waals surface area contributed by atoms with Gasteiger partial charge in [0.1, 0.15) is 0 Å². The van der Waals surface area contributed by atoms with Gasteiger partial charge >= 0.3 is 0 Å². The molecule has 1 heterocycles. The van der Waals surface area contributed by atoms with Crippen LogP contribution in [0.3, 0.4) is 0 Å². The van der Waals surface area contributed by atoms with Crippen molar-refractivity contribution in [2.24, 2.45) is 0 Å². The van der Waals surface area contributed by atoms with E-state index in [0.29, 0.717) is 12.3 Å². The number of nitrogens with zero attached hydrogens (tertiary/aromatic N) is 1. The molecule has 0 N–H and O–H groups in total. The van der Waals surface area contributed by atoms with Crippen LogP contribution in [0.5, 0.6) is 0 Å². The predicted molar refractivity (Wildman–Crippen MR) is 52.4 cm³/mol. The highest BCUT2D eigenvalue weighted by Gasteiger charge is 2.24. The number of methoxy groups -OCH3 is 1. The lowest BCUT2D eigenvalue weighted by molar-refractivity contribution is -0.124. The number of carbonyl (C=O) groups is 1. The smallest absolute Gasteiger partial charge is 0.254 e. The molecule has 0 bridgehead atoms. The summed E-state index contributed by atoms with van der Waals surface area (Å²) in [5.41, 5.74) is 4.67. The second kappa shape index (κ2) is 3.20. The van der Waals surface area contributed by atoms with E-state index in [-0.39, 0.29) is 5.91 Å². The monoisotopic (exact) mass is 189 g/mol. The van der Waals surface area contributed by atoms with E-state index in [2.05, 4.69) is 5.73 Å². The highest BCUT2D eigenvalue weighted by molar-refractivity contribution is 6.00. The largest absolute Gasteiger partial charge is 0.489 e. The molecular weight excluding hydrogens is 178 g/mol. The summed E-state index contributed by atoms with van der Waals surface area (Å²) in [4.78, 5) is 13.3. The summed E-state index contributed by atoms with van der Waals surface area (Å²) in [6.45, 7) is 0.667. The fourth-order valence-electron chi connectivity index (χ4n) is 1.55. The number of carbonyl (C=O) groups excluding carboxylic acids is 1. The molecule has 0 radical (unpaired) electrons. The molecule has 0 aromatic carbocycles. The summed E-state index contributed by atoms with van der Waals surface area (Å²) >= 11 is 0. The number of likely N-dealkylation sites (N-methyl/N-ethyl adjacent to an activating group) is 1. The minimum Gasteiger partial charge on any atom is -0.489 e. The van der Waals surface area contributed by atoms with Crippen molar-refractivity contribution in [3.8, 4) is 0 Å². The Morgan fingerprint density at radius 1 is 1.50 bits per heavy atom. The number of amides is 1. The molecule has 2 rings (SSSR count). The van der Waals surface area contributed by atoms with E-state index >= 15 is 0 Å². The maximum atomic E-state index is 11.6. The van der Waals surface area contributed by atoms with Crippen molar-refractivity contribution >= 4 is 5.91 Å². The zero-order valence-electron chi connectivity index (χ0n) is 8.20. The van der Waals surface area contributed by atoms with Gasteiger partial charge in [-0.25, -0.2) is 0 Å². The first-order valence-corrected chi connectivity index (χ1v) is 4.40. The summed E-state index contributed by atoms with van der Waals surface area (Å²) in [6.07, 6.45) is 5.43. The van der Waals surface area contributed by atoms with Crippen molar-refractivity contribution in [2.75, 3.05) is 20.7 Å². The summed E-state index contributed by atoms with van der Waals surface area (Å²) in [7, 11) is 3.38. The quantitative estimate of drug-likeness (QED) is 0.576. The van der Waals surface area contributed by atoms with Crippen LogP contribution in [-0.2, 0) is 9.53 Å². The average Bonchev–Trinajstić information content (AvgIpc) is 2.40. The molecule has 0 saturated heterocycles. The van der Waals surface area contributed by atoms with E-state index < -0.39 is 0 Å². The lowest BCUT2D eigenvalue weighted by Gasteiger charge is -2.06. The number of rotatable bonds is 1. The number of ether oxygens (including phenoxy) is 1. The van der Waals surface area contributed by atoms with Gasteiger partial charge in [-0.1, -0.05) is 11.8 Å². The molecule has 1 amide bonds. The third-order valence-electron chi connectivity index (χ3n) is 2.35. The molecule has 0 unspecified atom stereocenters. The van der Waals surface area contributed by atoms with Crippen LogP contribution in [0, 0.1) is 0 Å². The van der Waals surface area contributed by atoms with Gasteiger partial charge in [0.25, 0.3) is 5.91 Å². The third kappa shape index (κ3) is 1.28. The molecule has 3 heteroatoms. The zero-order valence-corrected chi connectivity index (χ0v) is 8.20. The van der Waals surface area contributed by atoms with Crippen LogP contribution in [0.25, 0.3) is 0 Å². The van der Waals surface area contributed by atoms with Gasteiger partial charge in [-0.3, -0.25) is 4.79 Å². The van der Waals surface area contributed by atoms with Crippen LogP contribution in [0.15, 0.2) is 40.9 Å². The van der Waals surface area contributed by atoms with Crippen molar-refractivity contribution in [1.29, 1.82) is 0 Å². The number of hydrogen-bond acceptors (Lipinski definition) is 2. The van der Waals surface area contributed by atoms with Gasteiger partial charge in [-0.05, 0) is 17.7 Å². The molecule has 0 fully saturated rings. The zero-order chi connectivity index (χ0) is 10.1. The number of hydrogen-bond donors (Lipinski definition) is 0. The molecule has 14 heavy (non-hydrogen) atoms. The van der Waals surface area contributed by atoms with E-state index in [0.717, 1.165) is 11.1 Å². The summed E-state index contributed by atoms with van der Waals surface area (Å²) in [5, 5.41) is 0. The van der Waals surface area contributed by atoms with Gasteiger partial charge in [0.15, 0.2) is 5.76 Å². The van der Waals surface area contributed by atoms with Crippen LogP contribution in [-0.4, -0.2) is 31.5 Å². The Morgan fingerprint density at radius 2 is 2.29 bits per heavy atom. The molecule has 1 aliphatic heterocycles.